The molecule has 3 heterocycles. The number of aryl methyl sites for hydroxylation is 2. The summed E-state index contributed by atoms with van der Waals surface area (Å²) in [6, 6.07) is 18.6. The molecule has 31 heavy (non-hydrogen) atoms. The zero-order valence-electron chi connectivity index (χ0n) is 17.6. The molecule has 3 aromatic rings. The van der Waals surface area contributed by atoms with Crippen LogP contribution in [0.1, 0.15) is 29.7 Å². The number of rotatable bonds is 3. The van der Waals surface area contributed by atoms with Crippen molar-refractivity contribution in [1.82, 2.24) is 9.78 Å². The summed E-state index contributed by atoms with van der Waals surface area (Å²) in [4.78, 5) is 2.32. The number of benzene rings is 2. The van der Waals surface area contributed by atoms with Gasteiger partial charge in [0.15, 0.2) is 14.6 Å². The first-order valence-electron chi connectivity index (χ1n) is 10.5. The van der Waals surface area contributed by atoms with Crippen LogP contribution in [0.3, 0.4) is 0 Å². The maximum atomic E-state index is 13.9. The molecule has 2 atom stereocenters. The van der Waals surface area contributed by atoms with Gasteiger partial charge in [0.05, 0.1) is 28.4 Å². The molecule has 158 valence electrons. The van der Waals surface area contributed by atoms with Crippen molar-refractivity contribution in [2.45, 2.75) is 48.8 Å². The van der Waals surface area contributed by atoms with Gasteiger partial charge in [0.1, 0.15) is 5.82 Å². The molecule has 1 aromatic heterocycles. The van der Waals surface area contributed by atoms with E-state index in [-0.39, 0.29) is 11.3 Å². The van der Waals surface area contributed by atoms with Crippen LogP contribution in [0, 0.1) is 25.2 Å². The summed E-state index contributed by atoms with van der Waals surface area (Å²) < 4.78 is 28.2. The molecule has 2 aromatic carbocycles. The van der Waals surface area contributed by atoms with Gasteiger partial charge in [-0.1, -0.05) is 35.9 Å². The number of hydrogen-bond donors (Lipinski definition) is 0. The lowest BCUT2D eigenvalue weighted by Crippen LogP contribution is -2.58. The number of anilines is 1. The third-order valence-corrected chi connectivity index (χ3v) is 9.02. The van der Waals surface area contributed by atoms with Gasteiger partial charge in [-0.2, -0.15) is 10.4 Å². The van der Waals surface area contributed by atoms with Crippen LogP contribution in [0.5, 0.6) is 0 Å². The Bertz CT molecular complexity index is 1290. The van der Waals surface area contributed by atoms with Gasteiger partial charge in [0.25, 0.3) is 0 Å². The van der Waals surface area contributed by atoms with E-state index in [1.165, 1.54) is 0 Å². The molecule has 7 heteroatoms. The monoisotopic (exact) mass is 432 g/mol. The second-order valence-corrected chi connectivity index (χ2v) is 10.7. The highest BCUT2D eigenvalue weighted by molar-refractivity contribution is 7.93. The summed E-state index contributed by atoms with van der Waals surface area (Å²) in [6.07, 6.45) is 1.65. The Morgan fingerprint density at radius 1 is 1.10 bits per heavy atom. The Labute approximate surface area is 182 Å². The minimum Gasteiger partial charge on any atom is -0.351 e. The molecule has 0 amide bonds. The quantitative estimate of drug-likeness (QED) is 0.630. The molecule has 1 saturated heterocycles. The summed E-state index contributed by atoms with van der Waals surface area (Å²) in [6.45, 7) is 4.53. The molecule has 0 aliphatic carbocycles. The number of fused-ring (bicyclic) bond motifs is 3. The second kappa shape index (κ2) is 6.96. The molecule has 1 fully saturated rings. The summed E-state index contributed by atoms with van der Waals surface area (Å²) in [5, 5.41) is 15.2. The highest BCUT2D eigenvalue weighted by atomic mass is 32.2. The largest absolute Gasteiger partial charge is 0.351 e. The van der Waals surface area contributed by atoms with Gasteiger partial charge in [-0.25, -0.2) is 13.1 Å². The Kier molecular flexibility index (Phi) is 4.45. The van der Waals surface area contributed by atoms with Crippen LogP contribution in [0.4, 0.5) is 5.82 Å². The molecule has 0 radical (unpaired) electrons. The van der Waals surface area contributed by atoms with Crippen molar-refractivity contribution in [2.75, 3.05) is 11.4 Å². The van der Waals surface area contributed by atoms with E-state index < -0.39 is 20.6 Å². The standard InChI is InChI=1S/C24H24N4O2S/c1-17-10-12-20(13-11-17)31(29,30)24(16-25)15-21-18(2)26-28(19-7-4-3-5-8-19)23(21)27-14-6-9-22(24)27/h3-5,7-8,10-13,22H,6,9,14-15H2,1-2H3. The minimum absolute atomic E-state index is 0.148. The predicted molar refractivity (Wildman–Crippen MR) is 119 cm³/mol. The first kappa shape index (κ1) is 19.8. The van der Waals surface area contributed by atoms with Gasteiger partial charge < -0.3 is 4.90 Å². The van der Waals surface area contributed by atoms with E-state index in [0.29, 0.717) is 13.0 Å². The lowest BCUT2D eigenvalue weighted by Gasteiger charge is -2.43. The highest BCUT2D eigenvalue weighted by Crippen LogP contribution is 2.48. The number of para-hydroxylation sites is 1. The second-order valence-electron chi connectivity index (χ2n) is 8.48. The van der Waals surface area contributed by atoms with E-state index in [4.69, 9.17) is 5.10 Å². The zero-order chi connectivity index (χ0) is 21.8. The summed E-state index contributed by atoms with van der Waals surface area (Å²) in [5.74, 6) is 0.927. The summed E-state index contributed by atoms with van der Waals surface area (Å²) in [7, 11) is -3.90. The summed E-state index contributed by atoms with van der Waals surface area (Å²) in [5.41, 5.74) is 3.53. The van der Waals surface area contributed by atoms with E-state index in [1.807, 2.05) is 48.9 Å². The summed E-state index contributed by atoms with van der Waals surface area (Å²) >= 11 is 0. The maximum absolute atomic E-state index is 13.9. The van der Waals surface area contributed by atoms with Crippen molar-refractivity contribution in [2.24, 2.45) is 0 Å². The van der Waals surface area contributed by atoms with Crippen LogP contribution in [-0.4, -0.2) is 35.5 Å². The fourth-order valence-corrected chi connectivity index (χ4v) is 7.03. The van der Waals surface area contributed by atoms with Crippen LogP contribution in [0.2, 0.25) is 0 Å². The van der Waals surface area contributed by atoms with Gasteiger partial charge in [0, 0.05) is 18.5 Å². The topological polar surface area (TPSA) is 79.0 Å². The minimum atomic E-state index is -3.90. The van der Waals surface area contributed by atoms with E-state index in [2.05, 4.69) is 11.0 Å². The van der Waals surface area contributed by atoms with Gasteiger partial charge in [-0.05, 0) is 51.0 Å². The average molecular weight is 433 g/mol. The normalized spacial score (nSPS) is 22.6. The Hall–Kier alpha value is -3.11. The van der Waals surface area contributed by atoms with Crippen LogP contribution in [0.15, 0.2) is 59.5 Å². The molecule has 0 bridgehead atoms. The molecule has 2 unspecified atom stereocenters. The number of nitriles is 1. The molecule has 0 spiro atoms. The molecule has 5 rings (SSSR count). The van der Waals surface area contributed by atoms with E-state index >= 15 is 0 Å². The third-order valence-electron chi connectivity index (χ3n) is 6.66. The highest BCUT2D eigenvalue weighted by Gasteiger charge is 2.59. The van der Waals surface area contributed by atoms with Crippen LogP contribution < -0.4 is 4.90 Å². The van der Waals surface area contributed by atoms with Crippen LogP contribution >= 0.6 is 0 Å². The smallest absolute Gasteiger partial charge is 0.199 e. The van der Waals surface area contributed by atoms with Crippen molar-refractivity contribution in [3.05, 3.63) is 71.4 Å². The first-order chi connectivity index (χ1) is 14.9. The van der Waals surface area contributed by atoms with Crippen LogP contribution in [0.25, 0.3) is 5.69 Å². The van der Waals surface area contributed by atoms with Crippen molar-refractivity contribution in [3.63, 3.8) is 0 Å². The van der Waals surface area contributed by atoms with Gasteiger partial charge in [-0.3, -0.25) is 0 Å². The van der Waals surface area contributed by atoms with E-state index in [0.717, 1.165) is 34.7 Å². The number of hydrogen-bond acceptors (Lipinski definition) is 5. The van der Waals surface area contributed by atoms with Crippen molar-refractivity contribution < 1.29 is 8.42 Å². The molecule has 6 nitrogen and oxygen atoms in total. The Morgan fingerprint density at radius 3 is 2.48 bits per heavy atom. The Morgan fingerprint density at radius 2 is 1.81 bits per heavy atom. The Balaban J connectivity index is 1.72. The molecular weight excluding hydrogens is 408 g/mol. The first-order valence-corrected chi connectivity index (χ1v) is 12.0. The molecule has 2 aliphatic heterocycles. The molecular formula is C24H24N4O2S. The lowest BCUT2D eigenvalue weighted by molar-refractivity contribution is 0.472. The van der Waals surface area contributed by atoms with Crippen molar-refractivity contribution in [3.8, 4) is 11.8 Å². The molecule has 2 aliphatic rings. The van der Waals surface area contributed by atoms with E-state index in [1.54, 1.807) is 24.3 Å². The van der Waals surface area contributed by atoms with Gasteiger partial charge in [-0.15, -0.1) is 0 Å². The average Bonchev–Trinajstić information content (AvgIpc) is 3.39. The van der Waals surface area contributed by atoms with Crippen molar-refractivity contribution in [1.29, 1.82) is 5.26 Å². The number of nitrogens with zero attached hydrogens (tertiary/aromatic N) is 4. The van der Waals surface area contributed by atoms with Crippen molar-refractivity contribution >= 4 is 15.7 Å². The number of sulfone groups is 1. The third kappa shape index (κ3) is 2.75. The molecule has 0 saturated carbocycles. The van der Waals surface area contributed by atoms with Gasteiger partial charge in [0.2, 0.25) is 0 Å². The maximum Gasteiger partial charge on any atom is 0.199 e. The molecule has 0 N–H and O–H groups in total. The lowest BCUT2D eigenvalue weighted by atomic mass is 9.87. The van der Waals surface area contributed by atoms with E-state index in [9.17, 15) is 13.7 Å². The number of aromatic nitrogens is 2. The predicted octanol–water partition coefficient (Wildman–Crippen LogP) is 3.75. The fraction of sp³-hybridized carbons (Fsp3) is 0.333. The fourth-order valence-electron chi connectivity index (χ4n) is 5.06. The SMILES string of the molecule is Cc1ccc(S(=O)(=O)C2(C#N)Cc3c(C)nn(-c4ccccc4)c3N3CCCC32)cc1. The van der Waals surface area contributed by atoms with Crippen LogP contribution in [-0.2, 0) is 16.3 Å². The van der Waals surface area contributed by atoms with Gasteiger partial charge >= 0.3 is 0 Å². The zero-order valence-corrected chi connectivity index (χ0v) is 18.4.